The van der Waals surface area contributed by atoms with Crippen molar-refractivity contribution in [3.8, 4) is 0 Å². The van der Waals surface area contributed by atoms with E-state index in [1.165, 1.54) is 23.7 Å². The highest BCUT2D eigenvalue weighted by Gasteiger charge is 2.41. The molecule has 2 aliphatic carbocycles. The van der Waals surface area contributed by atoms with E-state index in [-0.39, 0.29) is 24.1 Å². The average molecular weight is 346 g/mol. The van der Waals surface area contributed by atoms with E-state index in [1.54, 1.807) is 18.2 Å². The Morgan fingerprint density at radius 2 is 2.12 bits per heavy atom. The maximum absolute atomic E-state index is 12.8. The molecule has 126 valence electrons. The third-order valence-corrected chi connectivity index (χ3v) is 5.30. The fraction of sp³-hybridized carbons (Fsp3) is 0.500. The summed E-state index contributed by atoms with van der Waals surface area (Å²) in [7, 11) is 0. The van der Waals surface area contributed by atoms with Gasteiger partial charge in [-0.1, -0.05) is 11.6 Å². The number of carbonyl (C=O) groups is 1. The van der Waals surface area contributed by atoms with Gasteiger partial charge in [-0.25, -0.2) is 4.98 Å². The fourth-order valence-corrected chi connectivity index (χ4v) is 3.57. The molecule has 0 saturated heterocycles. The lowest BCUT2D eigenvalue weighted by molar-refractivity contribution is -0.135. The quantitative estimate of drug-likeness (QED) is 0.837. The van der Waals surface area contributed by atoms with Crippen molar-refractivity contribution in [2.75, 3.05) is 0 Å². The molecular formula is C18H20ClN3O2. The first-order valence-electron chi connectivity index (χ1n) is 8.50. The topological polar surface area (TPSA) is 55.2 Å². The van der Waals surface area contributed by atoms with Crippen molar-refractivity contribution in [2.45, 2.75) is 51.2 Å². The zero-order chi connectivity index (χ0) is 16.8. The maximum Gasteiger partial charge on any atom is 0.261 e. The molecule has 0 aliphatic heterocycles. The van der Waals surface area contributed by atoms with Gasteiger partial charge in [-0.2, -0.15) is 0 Å². The molecular weight excluding hydrogens is 326 g/mol. The van der Waals surface area contributed by atoms with Gasteiger partial charge in [0.1, 0.15) is 6.54 Å². The van der Waals surface area contributed by atoms with E-state index in [2.05, 4.69) is 11.9 Å². The standard InChI is InChI=1S/C18H20ClN3O2/c1-11(12-2-3-12)22(14-5-6-14)17(23)9-21-10-20-16-7-4-13(19)8-15(16)18(21)24/h4,7-8,10-12,14H,2-3,5-6,9H2,1H3/t11-/m1/s1. The van der Waals surface area contributed by atoms with Crippen molar-refractivity contribution >= 4 is 28.4 Å². The van der Waals surface area contributed by atoms with Crippen molar-refractivity contribution in [2.24, 2.45) is 5.92 Å². The van der Waals surface area contributed by atoms with Crippen molar-refractivity contribution in [1.82, 2.24) is 14.5 Å². The Bertz CT molecular complexity index is 855. The number of rotatable bonds is 5. The monoisotopic (exact) mass is 345 g/mol. The number of halogens is 1. The van der Waals surface area contributed by atoms with E-state index in [4.69, 9.17) is 11.6 Å². The number of aromatic nitrogens is 2. The lowest BCUT2D eigenvalue weighted by Gasteiger charge is -2.29. The predicted octanol–water partition coefficient (Wildman–Crippen LogP) is 2.84. The lowest BCUT2D eigenvalue weighted by atomic mass is 10.1. The van der Waals surface area contributed by atoms with Gasteiger partial charge in [-0.15, -0.1) is 0 Å². The smallest absolute Gasteiger partial charge is 0.261 e. The van der Waals surface area contributed by atoms with E-state index < -0.39 is 0 Å². The summed E-state index contributed by atoms with van der Waals surface area (Å²) >= 11 is 5.98. The van der Waals surface area contributed by atoms with E-state index in [1.807, 2.05) is 4.90 Å². The van der Waals surface area contributed by atoms with Crippen molar-refractivity contribution in [3.63, 3.8) is 0 Å². The molecule has 1 aromatic carbocycles. The molecule has 1 aromatic heterocycles. The minimum absolute atomic E-state index is 0.0159. The molecule has 0 N–H and O–H groups in total. The van der Waals surface area contributed by atoms with Gasteiger partial charge in [-0.05, 0) is 56.7 Å². The van der Waals surface area contributed by atoms with Crippen LogP contribution in [-0.2, 0) is 11.3 Å². The summed E-state index contributed by atoms with van der Waals surface area (Å²) in [6.45, 7) is 2.18. The molecule has 1 heterocycles. The number of nitrogens with zero attached hydrogens (tertiary/aromatic N) is 3. The van der Waals surface area contributed by atoms with E-state index >= 15 is 0 Å². The highest BCUT2D eigenvalue weighted by Crippen LogP contribution is 2.39. The summed E-state index contributed by atoms with van der Waals surface area (Å²) < 4.78 is 1.40. The summed E-state index contributed by atoms with van der Waals surface area (Å²) in [5.74, 6) is 0.641. The van der Waals surface area contributed by atoms with Gasteiger partial charge < -0.3 is 4.90 Å². The van der Waals surface area contributed by atoms with E-state index in [9.17, 15) is 9.59 Å². The molecule has 2 aliphatic rings. The summed E-state index contributed by atoms with van der Waals surface area (Å²) in [6.07, 6.45) is 6.01. The molecule has 0 bridgehead atoms. The normalized spacial score (nSPS) is 18.6. The highest BCUT2D eigenvalue weighted by molar-refractivity contribution is 6.31. The molecule has 24 heavy (non-hydrogen) atoms. The third kappa shape index (κ3) is 2.93. The maximum atomic E-state index is 12.8. The Kier molecular flexibility index (Phi) is 3.83. The van der Waals surface area contributed by atoms with Gasteiger partial charge in [0.05, 0.1) is 17.2 Å². The highest BCUT2D eigenvalue weighted by atomic mass is 35.5. The average Bonchev–Trinajstić information content (AvgIpc) is 3.44. The molecule has 1 atom stereocenters. The van der Waals surface area contributed by atoms with Crippen LogP contribution >= 0.6 is 11.6 Å². The van der Waals surface area contributed by atoms with Gasteiger partial charge in [0, 0.05) is 17.1 Å². The lowest BCUT2D eigenvalue weighted by Crippen LogP contribution is -2.44. The number of fused-ring (bicyclic) bond motifs is 1. The summed E-state index contributed by atoms with van der Waals surface area (Å²) in [5, 5.41) is 0.943. The zero-order valence-electron chi connectivity index (χ0n) is 13.6. The summed E-state index contributed by atoms with van der Waals surface area (Å²) in [6, 6.07) is 5.66. The molecule has 0 radical (unpaired) electrons. The molecule has 2 aromatic rings. The number of amides is 1. The second-order valence-corrected chi connectivity index (χ2v) is 7.39. The van der Waals surface area contributed by atoms with Crippen LogP contribution in [0.4, 0.5) is 0 Å². The van der Waals surface area contributed by atoms with Gasteiger partial charge >= 0.3 is 0 Å². The van der Waals surface area contributed by atoms with Crippen LogP contribution in [0.3, 0.4) is 0 Å². The first-order valence-corrected chi connectivity index (χ1v) is 8.88. The first-order chi connectivity index (χ1) is 11.5. The SMILES string of the molecule is C[C@H](C1CC1)N(C(=O)Cn1cnc2ccc(Cl)cc2c1=O)C1CC1. The molecule has 5 nitrogen and oxygen atoms in total. The van der Waals surface area contributed by atoms with Crippen LogP contribution in [0.1, 0.15) is 32.6 Å². The van der Waals surface area contributed by atoms with Crippen molar-refractivity contribution < 1.29 is 4.79 Å². The number of hydrogen-bond acceptors (Lipinski definition) is 3. The minimum Gasteiger partial charge on any atom is -0.335 e. The number of carbonyl (C=O) groups excluding carboxylic acids is 1. The van der Waals surface area contributed by atoms with Gasteiger partial charge in [-0.3, -0.25) is 14.2 Å². The van der Waals surface area contributed by atoms with Crippen molar-refractivity contribution in [3.05, 3.63) is 39.9 Å². The molecule has 4 rings (SSSR count). The minimum atomic E-state index is -0.217. The van der Waals surface area contributed by atoms with Crippen molar-refractivity contribution in [1.29, 1.82) is 0 Å². The first kappa shape index (κ1) is 15.6. The Labute approximate surface area is 145 Å². The van der Waals surface area contributed by atoms with Crippen LogP contribution in [0.25, 0.3) is 10.9 Å². The molecule has 2 saturated carbocycles. The predicted molar refractivity (Wildman–Crippen MR) is 93.1 cm³/mol. The van der Waals surface area contributed by atoms with Crippen LogP contribution in [-0.4, -0.2) is 32.4 Å². The van der Waals surface area contributed by atoms with Crippen LogP contribution < -0.4 is 5.56 Å². The Balaban J connectivity index is 1.62. The van der Waals surface area contributed by atoms with Crippen LogP contribution in [0, 0.1) is 5.92 Å². The van der Waals surface area contributed by atoms with Crippen LogP contribution in [0.2, 0.25) is 5.02 Å². The number of hydrogen-bond donors (Lipinski definition) is 0. The molecule has 1 amide bonds. The second kappa shape index (κ2) is 5.88. The van der Waals surface area contributed by atoms with E-state index in [0.717, 1.165) is 12.8 Å². The van der Waals surface area contributed by atoms with E-state index in [0.29, 0.717) is 27.9 Å². The zero-order valence-corrected chi connectivity index (χ0v) is 14.4. The second-order valence-electron chi connectivity index (χ2n) is 6.95. The molecule has 0 spiro atoms. The van der Waals surface area contributed by atoms with Gasteiger partial charge in [0.25, 0.3) is 5.56 Å². The molecule has 0 unspecified atom stereocenters. The summed E-state index contributed by atoms with van der Waals surface area (Å²) in [4.78, 5) is 31.8. The van der Waals surface area contributed by atoms with Gasteiger partial charge in [0.2, 0.25) is 5.91 Å². The summed E-state index contributed by atoms with van der Waals surface area (Å²) in [5.41, 5.74) is 0.379. The molecule has 6 heteroatoms. The Morgan fingerprint density at radius 1 is 1.38 bits per heavy atom. The fourth-order valence-electron chi connectivity index (χ4n) is 3.39. The molecule has 2 fully saturated rings. The number of benzene rings is 1. The largest absolute Gasteiger partial charge is 0.335 e. The van der Waals surface area contributed by atoms with Crippen LogP contribution in [0.5, 0.6) is 0 Å². The van der Waals surface area contributed by atoms with Gasteiger partial charge in [0.15, 0.2) is 0 Å². The Hall–Kier alpha value is -1.88. The van der Waals surface area contributed by atoms with Crippen LogP contribution in [0.15, 0.2) is 29.3 Å². The third-order valence-electron chi connectivity index (χ3n) is 5.06. The Morgan fingerprint density at radius 3 is 2.79 bits per heavy atom.